The summed E-state index contributed by atoms with van der Waals surface area (Å²) in [5, 5.41) is 8.66. The minimum atomic E-state index is -2.61. The second kappa shape index (κ2) is 5.24. The van der Waals surface area contributed by atoms with E-state index >= 15 is 0 Å². The Morgan fingerprint density at radius 3 is 2.36 bits per heavy atom. The Bertz CT molecular complexity index is 128. The fraction of sp³-hybridized carbons (Fsp3) is 0.750. The summed E-state index contributed by atoms with van der Waals surface area (Å²) in [6.07, 6.45) is -1.58. The molecule has 0 aromatic rings. The number of hydrogen-bond acceptors (Lipinski definition) is 1. The van der Waals surface area contributed by atoms with Gasteiger partial charge in [-0.1, -0.05) is 11.6 Å². The van der Waals surface area contributed by atoms with Gasteiger partial charge in [0.15, 0.2) is 0 Å². The van der Waals surface area contributed by atoms with Crippen molar-refractivity contribution < 1.29 is 13.9 Å². The smallest absolute Gasteiger partial charge is 0.264 e. The van der Waals surface area contributed by atoms with Gasteiger partial charge in [-0.05, 0) is 26.7 Å². The molecule has 0 aromatic heterocycles. The van der Waals surface area contributed by atoms with Gasteiger partial charge in [0.1, 0.15) is 6.10 Å². The zero-order valence-corrected chi connectivity index (χ0v) is 6.85. The van der Waals surface area contributed by atoms with Crippen LogP contribution in [0.15, 0.2) is 11.6 Å². The molecule has 1 unspecified atom stereocenters. The molecular formula is C8H14F2O. The highest BCUT2D eigenvalue weighted by Gasteiger charge is 2.14. The Labute approximate surface area is 65.7 Å². The SMILES string of the molecule is CC(C)=CCCC(O)C(F)F. The topological polar surface area (TPSA) is 20.2 Å². The fourth-order valence-corrected chi connectivity index (χ4v) is 0.669. The van der Waals surface area contributed by atoms with Crippen molar-refractivity contribution >= 4 is 0 Å². The van der Waals surface area contributed by atoms with Crippen LogP contribution in [0.25, 0.3) is 0 Å². The van der Waals surface area contributed by atoms with Crippen LogP contribution in [0.3, 0.4) is 0 Å². The van der Waals surface area contributed by atoms with Crippen LogP contribution in [0.1, 0.15) is 26.7 Å². The Hall–Kier alpha value is -0.440. The van der Waals surface area contributed by atoms with Crippen LogP contribution < -0.4 is 0 Å². The molecule has 0 bridgehead atoms. The fourth-order valence-electron chi connectivity index (χ4n) is 0.669. The van der Waals surface area contributed by atoms with E-state index in [-0.39, 0.29) is 6.42 Å². The molecule has 0 radical (unpaired) electrons. The second-order valence-electron chi connectivity index (χ2n) is 2.76. The van der Waals surface area contributed by atoms with Crippen molar-refractivity contribution in [1.82, 2.24) is 0 Å². The Kier molecular flexibility index (Phi) is 5.03. The minimum absolute atomic E-state index is 0.142. The molecule has 0 saturated heterocycles. The largest absolute Gasteiger partial charge is 0.387 e. The first-order chi connectivity index (χ1) is 5.04. The van der Waals surface area contributed by atoms with Crippen molar-refractivity contribution in [3.63, 3.8) is 0 Å². The number of alkyl halides is 2. The predicted octanol–water partition coefficient (Wildman–Crippen LogP) is 2.36. The third kappa shape index (κ3) is 5.98. The lowest BCUT2D eigenvalue weighted by atomic mass is 10.1. The Morgan fingerprint density at radius 1 is 1.45 bits per heavy atom. The summed E-state index contributed by atoms with van der Waals surface area (Å²) >= 11 is 0. The second-order valence-corrected chi connectivity index (χ2v) is 2.76. The van der Waals surface area contributed by atoms with Crippen LogP contribution in [0, 0.1) is 0 Å². The molecule has 0 fully saturated rings. The number of halogens is 2. The summed E-state index contributed by atoms with van der Waals surface area (Å²) in [5.74, 6) is 0. The molecule has 66 valence electrons. The van der Waals surface area contributed by atoms with Gasteiger partial charge in [-0.15, -0.1) is 0 Å². The van der Waals surface area contributed by atoms with E-state index in [0.29, 0.717) is 6.42 Å². The Morgan fingerprint density at radius 2 is 2.00 bits per heavy atom. The quantitative estimate of drug-likeness (QED) is 0.632. The van der Waals surface area contributed by atoms with Gasteiger partial charge in [0.05, 0.1) is 0 Å². The maximum atomic E-state index is 11.7. The van der Waals surface area contributed by atoms with Crippen molar-refractivity contribution in [2.75, 3.05) is 0 Å². The number of allylic oxidation sites excluding steroid dienone is 2. The lowest BCUT2D eigenvalue weighted by Gasteiger charge is -2.06. The van der Waals surface area contributed by atoms with Gasteiger partial charge in [0.25, 0.3) is 6.43 Å². The molecule has 3 heteroatoms. The van der Waals surface area contributed by atoms with Gasteiger partial charge in [0, 0.05) is 0 Å². The summed E-state index contributed by atoms with van der Waals surface area (Å²) in [4.78, 5) is 0. The highest BCUT2D eigenvalue weighted by Crippen LogP contribution is 2.08. The summed E-state index contributed by atoms with van der Waals surface area (Å²) in [7, 11) is 0. The maximum Gasteiger partial charge on any atom is 0.264 e. The molecule has 1 nitrogen and oxygen atoms in total. The van der Waals surface area contributed by atoms with Crippen molar-refractivity contribution in [3.8, 4) is 0 Å². The first-order valence-electron chi connectivity index (χ1n) is 3.63. The number of rotatable bonds is 4. The van der Waals surface area contributed by atoms with Crippen LogP contribution in [0.4, 0.5) is 8.78 Å². The molecule has 11 heavy (non-hydrogen) atoms. The first kappa shape index (κ1) is 10.6. The van der Waals surface area contributed by atoms with Gasteiger partial charge >= 0.3 is 0 Å². The monoisotopic (exact) mass is 164 g/mol. The average Bonchev–Trinajstić information content (AvgIpc) is 1.86. The van der Waals surface area contributed by atoms with Crippen LogP contribution in [0.5, 0.6) is 0 Å². The van der Waals surface area contributed by atoms with Crippen molar-refractivity contribution in [3.05, 3.63) is 11.6 Å². The molecule has 0 spiro atoms. The van der Waals surface area contributed by atoms with Gasteiger partial charge in [-0.2, -0.15) is 0 Å². The highest BCUT2D eigenvalue weighted by molar-refractivity contribution is 4.92. The van der Waals surface area contributed by atoms with E-state index in [0.717, 1.165) is 5.57 Å². The van der Waals surface area contributed by atoms with E-state index < -0.39 is 12.5 Å². The third-order valence-corrected chi connectivity index (χ3v) is 1.31. The maximum absolute atomic E-state index is 11.7. The summed E-state index contributed by atoms with van der Waals surface area (Å²) < 4.78 is 23.4. The lowest BCUT2D eigenvalue weighted by Crippen LogP contribution is -2.16. The molecule has 0 rings (SSSR count). The van der Waals surface area contributed by atoms with Crippen molar-refractivity contribution in [2.45, 2.75) is 39.2 Å². The standard InChI is InChI=1S/C8H14F2O/c1-6(2)4-3-5-7(11)8(9)10/h4,7-8,11H,3,5H2,1-2H3. The van der Waals surface area contributed by atoms with E-state index in [2.05, 4.69) is 0 Å². The normalized spacial score (nSPS) is 13.3. The van der Waals surface area contributed by atoms with E-state index in [9.17, 15) is 8.78 Å². The predicted molar refractivity (Wildman–Crippen MR) is 40.7 cm³/mol. The van der Waals surface area contributed by atoms with E-state index in [1.165, 1.54) is 0 Å². The van der Waals surface area contributed by atoms with Crippen molar-refractivity contribution in [1.29, 1.82) is 0 Å². The number of hydrogen-bond donors (Lipinski definition) is 1. The first-order valence-corrected chi connectivity index (χ1v) is 3.63. The molecule has 0 saturated carbocycles. The van der Waals surface area contributed by atoms with Gasteiger partial charge in [0.2, 0.25) is 0 Å². The zero-order valence-electron chi connectivity index (χ0n) is 6.85. The van der Waals surface area contributed by atoms with Gasteiger partial charge < -0.3 is 5.11 Å². The summed E-state index contributed by atoms with van der Waals surface area (Å²) in [5.41, 5.74) is 1.09. The Balaban J connectivity index is 3.47. The van der Waals surface area contributed by atoms with Crippen LogP contribution in [0.2, 0.25) is 0 Å². The molecule has 0 aliphatic carbocycles. The molecule has 0 amide bonds. The minimum Gasteiger partial charge on any atom is -0.387 e. The third-order valence-electron chi connectivity index (χ3n) is 1.31. The summed E-state index contributed by atoms with van der Waals surface area (Å²) in [6.45, 7) is 3.80. The van der Waals surface area contributed by atoms with Crippen LogP contribution in [-0.4, -0.2) is 17.6 Å². The average molecular weight is 164 g/mol. The molecule has 1 N–H and O–H groups in total. The lowest BCUT2D eigenvalue weighted by molar-refractivity contribution is -0.00815. The van der Waals surface area contributed by atoms with E-state index in [1.54, 1.807) is 0 Å². The number of aliphatic hydroxyl groups is 1. The van der Waals surface area contributed by atoms with Crippen molar-refractivity contribution in [2.24, 2.45) is 0 Å². The molecule has 0 aliphatic heterocycles. The molecule has 0 aliphatic rings. The van der Waals surface area contributed by atoms with Gasteiger partial charge in [-0.3, -0.25) is 0 Å². The zero-order chi connectivity index (χ0) is 8.85. The molecular weight excluding hydrogens is 150 g/mol. The highest BCUT2D eigenvalue weighted by atomic mass is 19.3. The summed E-state index contributed by atoms with van der Waals surface area (Å²) in [6, 6.07) is 0. The van der Waals surface area contributed by atoms with E-state index in [1.807, 2.05) is 19.9 Å². The van der Waals surface area contributed by atoms with Crippen LogP contribution in [-0.2, 0) is 0 Å². The molecule has 0 heterocycles. The molecule has 0 aromatic carbocycles. The molecule has 1 atom stereocenters. The van der Waals surface area contributed by atoms with Gasteiger partial charge in [-0.25, -0.2) is 8.78 Å². The van der Waals surface area contributed by atoms with Crippen LogP contribution >= 0.6 is 0 Å². The van der Waals surface area contributed by atoms with E-state index in [4.69, 9.17) is 5.11 Å². The number of aliphatic hydroxyl groups excluding tert-OH is 1.